The van der Waals surface area contributed by atoms with Gasteiger partial charge in [0, 0.05) is 11.6 Å². The number of benzene rings is 1. The van der Waals surface area contributed by atoms with Crippen molar-refractivity contribution in [2.75, 3.05) is 5.32 Å². The van der Waals surface area contributed by atoms with E-state index in [4.69, 9.17) is 0 Å². The highest BCUT2D eigenvalue weighted by Gasteiger charge is 2.47. The van der Waals surface area contributed by atoms with Crippen LogP contribution in [0, 0.1) is 24.7 Å². The van der Waals surface area contributed by atoms with Crippen molar-refractivity contribution in [3.63, 3.8) is 0 Å². The lowest BCUT2D eigenvalue weighted by molar-refractivity contribution is -0.120. The molecule has 0 heterocycles. The zero-order chi connectivity index (χ0) is 11.1. The summed E-state index contributed by atoms with van der Waals surface area (Å²) in [6.45, 7) is 2.03. The Balaban J connectivity index is 1.66. The molecular weight excluding hydrogens is 198 g/mol. The molecule has 0 spiro atoms. The van der Waals surface area contributed by atoms with Gasteiger partial charge in [0.05, 0.1) is 0 Å². The van der Waals surface area contributed by atoms with Crippen molar-refractivity contribution in [3.05, 3.63) is 29.8 Å². The quantitative estimate of drug-likeness (QED) is 0.807. The van der Waals surface area contributed by atoms with Crippen LogP contribution in [0.25, 0.3) is 0 Å². The van der Waals surface area contributed by atoms with Gasteiger partial charge in [-0.3, -0.25) is 4.79 Å². The number of rotatable bonds is 2. The van der Waals surface area contributed by atoms with E-state index in [0.717, 1.165) is 35.9 Å². The molecule has 2 nitrogen and oxygen atoms in total. The van der Waals surface area contributed by atoms with Crippen molar-refractivity contribution in [1.29, 1.82) is 0 Å². The van der Waals surface area contributed by atoms with Gasteiger partial charge in [0.1, 0.15) is 0 Å². The number of hydrogen-bond acceptors (Lipinski definition) is 1. The van der Waals surface area contributed by atoms with Crippen LogP contribution < -0.4 is 5.32 Å². The molecule has 84 valence electrons. The Kier molecular flexibility index (Phi) is 2.23. The monoisotopic (exact) mass is 215 g/mol. The summed E-state index contributed by atoms with van der Waals surface area (Å²) in [7, 11) is 0. The minimum absolute atomic E-state index is 0.224. The van der Waals surface area contributed by atoms with Crippen molar-refractivity contribution in [1.82, 2.24) is 0 Å². The molecular formula is C14H17NO. The fraction of sp³-hybridized carbons (Fsp3) is 0.500. The first-order chi connectivity index (χ1) is 7.74. The fourth-order valence-electron chi connectivity index (χ4n) is 2.88. The fourth-order valence-corrected chi connectivity index (χ4v) is 2.88. The molecule has 2 heteroatoms. The minimum atomic E-state index is 0.224. The van der Waals surface area contributed by atoms with Crippen molar-refractivity contribution in [2.45, 2.75) is 26.2 Å². The molecule has 16 heavy (non-hydrogen) atoms. The summed E-state index contributed by atoms with van der Waals surface area (Å²) >= 11 is 0. The number of carbonyl (C=O) groups is 1. The van der Waals surface area contributed by atoms with Gasteiger partial charge in [-0.2, -0.15) is 0 Å². The van der Waals surface area contributed by atoms with Crippen LogP contribution in [0.2, 0.25) is 0 Å². The third-order valence-corrected chi connectivity index (χ3v) is 4.02. The van der Waals surface area contributed by atoms with Crippen LogP contribution in [-0.2, 0) is 4.79 Å². The van der Waals surface area contributed by atoms with Crippen molar-refractivity contribution >= 4 is 11.6 Å². The van der Waals surface area contributed by atoms with Gasteiger partial charge in [-0.25, -0.2) is 0 Å². The van der Waals surface area contributed by atoms with Crippen LogP contribution in [0.1, 0.15) is 24.8 Å². The molecule has 0 aliphatic heterocycles. The number of anilines is 1. The lowest BCUT2D eigenvalue weighted by Gasteiger charge is -2.13. The van der Waals surface area contributed by atoms with Gasteiger partial charge in [0.2, 0.25) is 5.91 Å². The van der Waals surface area contributed by atoms with E-state index in [9.17, 15) is 4.79 Å². The molecule has 2 aliphatic rings. The molecule has 1 N–H and O–H groups in total. The summed E-state index contributed by atoms with van der Waals surface area (Å²) in [5, 5.41) is 3.05. The topological polar surface area (TPSA) is 29.1 Å². The SMILES string of the molecule is Cc1ccccc1NC(=O)C1CC2CC2C1. The molecule has 2 aliphatic carbocycles. The smallest absolute Gasteiger partial charge is 0.227 e. The molecule has 1 aromatic carbocycles. The Morgan fingerprint density at radius 2 is 1.88 bits per heavy atom. The summed E-state index contributed by atoms with van der Waals surface area (Å²) in [4.78, 5) is 12.0. The first-order valence-corrected chi connectivity index (χ1v) is 6.10. The van der Waals surface area contributed by atoms with E-state index in [-0.39, 0.29) is 11.8 Å². The number of para-hydroxylation sites is 1. The highest BCUT2D eigenvalue weighted by Crippen LogP contribution is 2.54. The van der Waals surface area contributed by atoms with E-state index in [1.807, 2.05) is 31.2 Å². The van der Waals surface area contributed by atoms with Crippen LogP contribution >= 0.6 is 0 Å². The normalized spacial score (nSPS) is 30.9. The van der Waals surface area contributed by atoms with E-state index in [2.05, 4.69) is 5.32 Å². The first-order valence-electron chi connectivity index (χ1n) is 6.10. The number of nitrogens with one attached hydrogen (secondary N) is 1. The first kappa shape index (κ1) is 9.88. The molecule has 3 rings (SSSR count). The molecule has 2 atom stereocenters. The second-order valence-electron chi connectivity index (χ2n) is 5.23. The van der Waals surface area contributed by atoms with Gasteiger partial charge in [-0.05, 0) is 49.7 Å². The molecule has 0 radical (unpaired) electrons. The van der Waals surface area contributed by atoms with Crippen molar-refractivity contribution in [2.24, 2.45) is 17.8 Å². The zero-order valence-corrected chi connectivity index (χ0v) is 9.57. The highest BCUT2D eigenvalue weighted by molar-refractivity contribution is 5.93. The lowest BCUT2D eigenvalue weighted by Crippen LogP contribution is -2.21. The van der Waals surface area contributed by atoms with Gasteiger partial charge in [-0.1, -0.05) is 18.2 Å². The number of fused-ring (bicyclic) bond motifs is 1. The largest absolute Gasteiger partial charge is 0.326 e. The maximum absolute atomic E-state index is 12.0. The highest BCUT2D eigenvalue weighted by atomic mass is 16.1. The van der Waals surface area contributed by atoms with Gasteiger partial charge in [0.15, 0.2) is 0 Å². The number of amides is 1. The standard InChI is InChI=1S/C14H17NO/c1-9-4-2-3-5-13(9)15-14(16)12-7-10-6-11(10)8-12/h2-5,10-12H,6-8H2,1H3,(H,15,16). The maximum atomic E-state index is 12.0. The molecule has 2 fully saturated rings. The second-order valence-corrected chi connectivity index (χ2v) is 5.23. The average molecular weight is 215 g/mol. The second kappa shape index (κ2) is 3.62. The van der Waals surface area contributed by atoms with Crippen molar-refractivity contribution < 1.29 is 4.79 Å². The van der Waals surface area contributed by atoms with Crippen molar-refractivity contribution in [3.8, 4) is 0 Å². The maximum Gasteiger partial charge on any atom is 0.227 e. The molecule has 2 saturated carbocycles. The summed E-state index contributed by atoms with van der Waals surface area (Å²) in [6, 6.07) is 7.97. The van der Waals surface area contributed by atoms with E-state index in [1.165, 1.54) is 6.42 Å². The zero-order valence-electron chi connectivity index (χ0n) is 9.57. The molecule has 0 saturated heterocycles. The van der Waals surface area contributed by atoms with Crippen LogP contribution in [-0.4, -0.2) is 5.91 Å². The Morgan fingerprint density at radius 3 is 2.56 bits per heavy atom. The Hall–Kier alpha value is -1.31. The molecule has 0 bridgehead atoms. The van der Waals surface area contributed by atoms with Gasteiger partial charge in [0.25, 0.3) is 0 Å². The Bertz CT molecular complexity index is 416. The third-order valence-electron chi connectivity index (χ3n) is 4.02. The van der Waals surface area contributed by atoms with Crippen LogP contribution in [0.5, 0.6) is 0 Å². The summed E-state index contributed by atoms with van der Waals surface area (Å²) < 4.78 is 0. The Labute approximate surface area is 96.1 Å². The average Bonchev–Trinajstić information content (AvgIpc) is 2.89. The number of carbonyl (C=O) groups excluding carboxylic acids is 1. The number of aryl methyl sites for hydroxylation is 1. The van der Waals surface area contributed by atoms with Gasteiger partial charge < -0.3 is 5.32 Å². The van der Waals surface area contributed by atoms with Crippen LogP contribution in [0.3, 0.4) is 0 Å². The Morgan fingerprint density at radius 1 is 1.19 bits per heavy atom. The predicted octanol–water partition coefficient (Wildman–Crippen LogP) is 2.98. The van der Waals surface area contributed by atoms with Gasteiger partial charge in [-0.15, -0.1) is 0 Å². The minimum Gasteiger partial charge on any atom is -0.326 e. The third kappa shape index (κ3) is 1.73. The van der Waals surface area contributed by atoms with E-state index >= 15 is 0 Å². The molecule has 0 aromatic heterocycles. The van der Waals surface area contributed by atoms with E-state index in [1.54, 1.807) is 0 Å². The van der Waals surface area contributed by atoms with Gasteiger partial charge >= 0.3 is 0 Å². The molecule has 2 unspecified atom stereocenters. The summed E-state index contributed by atoms with van der Waals surface area (Å²) in [5.41, 5.74) is 2.10. The molecule has 1 amide bonds. The lowest BCUT2D eigenvalue weighted by atomic mass is 10.0. The molecule has 1 aromatic rings. The summed E-state index contributed by atoms with van der Waals surface area (Å²) in [5.74, 6) is 2.23. The summed E-state index contributed by atoms with van der Waals surface area (Å²) in [6.07, 6.45) is 3.60. The van der Waals surface area contributed by atoms with E-state index in [0.29, 0.717) is 0 Å². The predicted molar refractivity (Wildman–Crippen MR) is 64.1 cm³/mol. The van der Waals surface area contributed by atoms with Crippen LogP contribution in [0.4, 0.5) is 5.69 Å². The van der Waals surface area contributed by atoms with Crippen LogP contribution in [0.15, 0.2) is 24.3 Å². The number of hydrogen-bond donors (Lipinski definition) is 1. The van der Waals surface area contributed by atoms with E-state index < -0.39 is 0 Å².